The fourth-order valence-corrected chi connectivity index (χ4v) is 4.11. The van der Waals surface area contributed by atoms with Crippen molar-refractivity contribution in [3.05, 3.63) is 47.0 Å². The van der Waals surface area contributed by atoms with Gasteiger partial charge in [0.25, 0.3) is 11.8 Å². The number of amides is 2. The highest BCUT2D eigenvalue weighted by molar-refractivity contribution is 6.21. The van der Waals surface area contributed by atoms with E-state index in [0.29, 0.717) is 6.61 Å². The quantitative estimate of drug-likeness (QED) is 0.365. The van der Waals surface area contributed by atoms with Crippen LogP contribution in [-0.2, 0) is 19.1 Å². The Bertz CT molecular complexity index is 872. The number of ether oxygens (including phenoxy) is 2. The standard InChI is InChI=1S/C23H27NO7/c1-3-5-8-11-31-18-13-14(23(29)30-4-2)12-17(19(18)22(27)28)24-20(25)15-9-6-7-10-16(15)21(24)26/h6-7,9-10,13,17-19H,3-5,8,11-12H2,1-2H3,(H,27,28)/t17-,18+,19+/m0/s1. The molecule has 0 saturated heterocycles. The fraction of sp³-hybridized carbons (Fsp3) is 0.478. The number of rotatable bonds is 9. The molecule has 0 saturated carbocycles. The van der Waals surface area contributed by atoms with Crippen LogP contribution in [0.5, 0.6) is 0 Å². The first-order valence-electron chi connectivity index (χ1n) is 10.6. The predicted octanol–water partition coefficient (Wildman–Crippen LogP) is 2.82. The van der Waals surface area contributed by atoms with Gasteiger partial charge < -0.3 is 14.6 Å². The molecule has 3 atom stereocenters. The van der Waals surface area contributed by atoms with Crippen LogP contribution in [0.15, 0.2) is 35.9 Å². The van der Waals surface area contributed by atoms with Gasteiger partial charge in [-0.1, -0.05) is 31.9 Å². The summed E-state index contributed by atoms with van der Waals surface area (Å²) in [6, 6.07) is 5.30. The van der Waals surface area contributed by atoms with Crippen LogP contribution < -0.4 is 0 Å². The van der Waals surface area contributed by atoms with Gasteiger partial charge >= 0.3 is 11.9 Å². The molecule has 31 heavy (non-hydrogen) atoms. The minimum Gasteiger partial charge on any atom is -0.481 e. The van der Waals surface area contributed by atoms with Crippen molar-refractivity contribution in [3.8, 4) is 0 Å². The first-order chi connectivity index (χ1) is 14.9. The summed E-state index contributed by atoms with van der Waals surface area (Å²) < 4.78 is 10.9. The smallest absolute Gasteiger partial charge is 0.333 e. The Morgan fingerprint density at radius 2 is 1.74 bits per heavy atom. The van der Waals surface area contributed by atoms with Gasteiger partial charge in [-0.2, -0.15) is 0 Å². The number of carbonyl (C=O) groups is 4. The second kappa shape index (κ2) is 9.87. The van der Waals surface area contributed by atoms with E-state index in [-0.39, 0.29) is 29.7 Å². The number of carboxylic acids is 1. The van der Waals surface area contributed by atoms with E-state index in [1.165, 1.54) is 18.2 Å². The molecule has 0 aromatic heterocycles. The van der Waals surface area contributed by atoms with E-state index >= 15 is 0 Å². The average Bonchev–Trinajstić information content (AvgIpc) is 3.01. The molecule has 1 heterocycles. The summed E-state index contributed by atoms with van der Waals surface area (Å²) in [7, 11) is 0. The SMILES string of the molecule is CCCCCO[C@@H]1C=C(C(=O)OCC)C[C@H](N2C(=O)c3ccccc3C2=O)[C@H]1C(=O)O. The number of carbonyl (C=O) groups excluding carboxylic acids is 3. The lowest BCUT2D eigenvalue weighted by Crippen LogP contribution is -2.53. The van der Waals surface area contributed by atoms with Crippen molar-refractivity contribution in [2.24, 2.45) is 5.92 Å². The van der Waals surface area contributed by atoms with Gasteiger partial charge in [-0.3, -0.25) is 19.3 Å². The maximum atomic E-state index is 13.0. The largest absolute Gasteiger partial charge is 0.481 e. The van der Waals surface area contributed by atoms with E-state index in [1.54, 1.807) is 19.1 Å². The molecule has 8 heteroatoms. The summed E-state index contributed by atoms with van der Waals surface area (Å²) in [4.78, 5) is 51.7. The number of imide groups is 1. The molecule has 8 nitrogen and oxygen atoms in total. The molecule has 1 aliphatic heterocycles. The van der Waals surface area contributed by atoms with E-state index < -0.39 is 41.8 Å². The summed E-state index contributed by atoms with van der Waals surface area (Å²) in [5.74, 6) is -4.11. The normalized spacial score (nSPS) is 22.8. The van der Waals surface area contributed by atoms with Crippen molar-refractivity contribution >= 4 is 23.8 Å². The van der Waals surface area contributed by atoms with E-state index in [4.69, 9.17) is 9.47 Å². The molecule has 0 fully saturated rings. The molecular weight excluding hydrogens is 402 g/mol. The lowest BCUT2D eigenvalue weighted by atomic mass is 9.81. The van der Waals surface area contributed by atoms with Crippen LogP contribution in [0.1, 0.15) is 60.2 Å². The lowest BCUT2D eigenvalue weighted by Gasteiger charge is -2.38. The topological polar surface area (TPSA) is 110 Å². The predicted molar refractivity (Wildman–Crippen MR) is 110 cm³/mol. The number of carboxylic acid groups (broad SMARTS) is 1. The molecule has 2 amide bonds. The minimum atomic E-state index is -1.19. The molecule has 1 aromatic rings. The number of unbranched alkanes of at least 4 members (excludes halogenated alkanes) is 2. The Morgan fingerprint density at radius 3 is 2.29 bits per heavy atom. The van der Waals surface area contributed by atoms with Gasteiger partial charge in [-0.05, 0) is 31.6 Å². The van der Waals surface area contributed by atoms with Gasteiger partial charge in [0.2, 0.25) is 0 Å². The molecule has 166 valence electrons. The number of benzene rings is 1. The molecular formula is C23H27NO7. The van der Waals surface area contributed by atoms with Crippen molar-refractivity contribution < 1.29 is 33.8 Å². The van der Waals surface area contributed by atoms with Crippen LogP contribution in [0.3, 0.4) is 0 Å². The number of hydrogen-bond donors (Lipinski definition) is 1. The van der Waals surface area contributed by atoms with Crippen molar-refractivity contribution in [1.29, 1.82) is 0 Å². The van der Waals surface area contributed by atoms with Gasteiger partial charge in [0.1, 0.15) is 5.92 Å². The molecule has 0 bridgehead atoms. The van der Waals surface area contributed by atoms with Crippen molar-refractivity contribution in [2.75, 3.05) is 13.2 Å². The number of esters is 1. The maximum Gasteiger partial charge on any atom is 0.333 e. The molecule has 1 aromatic carbocycles. The molecule has 1 aliphatic carbocycles. The van der Waals surface area contributed by atoms with Gasteiger partial charge in [0, 0.05) is 18.6 Å². The third-order valence-corrected chi connectivity index (χ3v) is 5.60. The highest BCUT2D eigenvalue weighted by Crippen LogP contribution is 2.36. The number of hydrogen-bond acceptors (Lipinski definition) is 6. The third-order valence-electron chi connectivity index (χ3n) is 5.60. The van der Waals surface area contributed by atoms with E-state index in [1.807, 2.05) is 6.92 Å². The highest BCUT2D eigenvalue weighted by Gasteiger charge is 2.50. The van der Waals surface area contributed by atoms with Crippen LogP contribution in [-0.4, -0.2) is 59.1 Å². The summed E-state index contributed by atoms with van der Waals surface area (Å²) >= 11 is 0. The summed E-state index contributed by atoms with van der Waals surface area (Å²) in [5, 5.41) is 9.99. The fourth-order valence-electron chi connectivity index (χ4n) is 4.11. The van der Waals surface area contributed by atoms with Gasteiger partial charge in [-0.15, -0.1) is 0 Å². The third kappa shape index (κ3) is 4.54. The van der Waals surface area contributed by atoms with E-state index in [2.05, 4.69) is 0 Å². The van der Waals surface area contributed by atoms with Crippen molar-refractivity contribution in [3.63, 3.8) is 0 Å². The maximum absolute atomic E-state index is 13.0. The van der Waals surface area contributed by atoms with Crippen molar-refractivity contribution in [1.82, 2.24) is 4.90 Å². The number of nitrogens with zero attached hydrogens (tertiary/aromatic N) is 1. The molecule has 1 N–H and O–H groups in total. The zero-order valence-corrected chi connectivity index (χ0v) is 17.7. The van der Waals surface area contributed by atoms with Crippen LogP contribution in [0.2, 0.25) is 0 Å². The number of aliphatic carboxylic acids is 1. The van der Waals surface area contributed by atoms with Crippen LogP contribution in [0.25, 0.3) is 0 Å². The zero-order valence-electron chi connectivity index (χ0n) is 17.7. The average molecular weight is 429 g/mol. The second-order valence-corrected chi connectivity index (χ2v) is 7.62. The summed E-state index contributed by atoms with van der Waals surface area (Å²) in [6.45, 7) is 4.17. The van der Waals surface area contributed by atoms with Crippen LogP contribution in [0.4, 0.5) is 0 Å². The van der Waals surface area contributed by atoms with Gasteiger partial charge in [0.05, 0.1) is 29.9 Å². The lowest BCUT2D eigenvalue weighted by molar-refractivity contribution is -0.150. The van der Waals surface area contributed by atoms with Gasteiger partial charge in [0.15, 0.2) is 0 Å². The Morgan fingerprint density at radius 1 is 1.10 bits per heavy atom. The monoisotopic (exact) mass is 429 g/mol. The Labute approximate surface area is 180 Å². The molecule has 0 radical (unpaired) electrons. The van der Waals surface area contributed by atoms with Crippen LogP contribution >= 0.6 is 0 Å². The molecule has 0 unspecified atom stereocenters. The van der Waals surface area contributed by atoms with Crippen molar-refractivity contribution in [2.45, 2.75) is 51.7 Å². The first kappa shape index (κ1) is 22.7. The minimum absolute atomic E-state index is 0.101. The Kier molecular flexibility index (Phi) is 7.22. The molecule has 3 rings (SSSR count). The highest BCUT2D eigenvalue weighted by atomic mass is 16.5. The van der Waals surface area contributed by atoms with E-state index in [0.717, 1.165) is 24.2 Å². The van der Waals surface area contributed by atoms with Gasteiger partial charge in [-0.25, -0.2) is 4.79 Å². The van der Waals surface area contributed by atoms with E-state index in [9.17, 15) is 24.3 Å². The zero-order chi connectivity index (χ0) is 22.5. The second-order valence-electron chi connectivity index (χ2n) is 7.62. The Balaban J connectivity index is 1.96. The first-order valence-corrected chi connectivity index (χ1v) is 10.6. The van der Waals surface area contributed by atoms with Crippen LogP contribution in [0, 0.1) is 5.92 Å². The summed E-state index contributed by atoms with van der Waals surface area (Å²) in [6.07, 6.45) is 3.03. The molecule has 0 spiro atoms. The number of fused-ring (bicyclic) bond motifs is 1. The Hall–Kier alpha value is -3.00. The summed E-state index contributed by atoms with van der Waals surface area (Å²) in [5.41, 5.74) is 0.662. The molecule has 2 aliphatic rings.